The zero-order valence-corrected chi connectivity index (χ0v) is 15.9. The topological polar surface area (TPSA) is 94.6 Å². The summed E-state index contributed by atoms with van der Waals surface area (Å²) in [6.45, 7) is 0. The first-order chi connectivity index (χ1) is 13.1. The standard InChI is InChI=1S/C17H15ClN4O4S/c1-24-13-7-6-12(9-14(13)25-2)26-17-22-21-16(27-17)20-15(23)19-11-5-3-4-10(18)8-11/h3-9H,1-2H3,(H2,19,20,21,23). The smallest absolute Gasteiger partial charge is 0.325 e. The molecule has 2 amide bonds. The van der Waals surface area contributed by atoms with Crippen molar-refractivity contribution < 1.29 is 19.0 Å². The van der Waals surface area contributed by atoms with Crippen LogP contribution in [0, 0.1) is 0 Å². The maximum absolute atomic E-state index is 12.0. The Labute approximate surface area is 164 Å². The Morgan fingerprint density at radius 3 is 2.59 bits per heavy atom. The van der Waals surface area contributed by atoms with Crippen molar-refractivity contribution >= 4 is 39.8 Å². The van der Waals surface area contributed by atoms with Gasteiger partial charge >= 0.3 is 11.2 Å². The summed E-state index contributed by atoms with van der Waals surface area (Å²) in [5, 5.41) is 14.1. The van der Waals surface area contributed by atoms with Gasteiger partial charge in [-0.25, -0.2) is 4.79 Å². The highest BCUT2D eigenvalue weighted by atomic mass is 35.5. The van der Waals surface area contributed by atoms with E-state index in [1.165, 1.54) is 7.11 Å². The highest BCUT2D eigenvalue weighted by molar-refractivity contribution is 7.17. The second-order valence-electron chi connectivity index (χ2n) is 5.08. The van der Waals surface area contributed by atoms with Gasteiger partial charge in [-0.05, 0) is 41.7 Å². The van der Waals surface area contributed by atoms with Crippen molar-refractivity contribution in [1.82, 2.24) is 10.2 Å². The van der Waals surface area contributed by atoms with Crippen LogP contribution in [0.1, 0.15) is 0 Å². The monoisotopic (exact) mass is 406 g/mol. The van der Waals surface area contributed by atoms with Gasteiger partial charge in [0.2, 0.25) is 5.13 Å². The largest absolute Gasteiger partial charge is 0.493 e. The third kappa shape index (κ3) is 4.99. The molecule has 3 aromatic rings. The number of nitrogens with zero attached hydrogens (tertiary/aromatic N) is 2. The number of hydrogen-bond donors (Lipinski definition) is 2. The van der Waals surface area contributed by atoms with Gasteiger partial charge in [-0.1, -0.05) is 22.8 Å². The van der Waals surface area contributed by atoms with Crippen LogP contribution in [0.4, 0.5) is 15.6 Å². The summed E-state index contributed by atoms with van der Waals surface area (Å²) in [6.07, 6.45) is 0. The molecule has 0 bridgehead atoms. The SMILES string of the molecule is COc1ccc(Oc2nnc(NC(=O)Nc3cccc(Cl)c3)s2)cc1OC. The molecule has 2 N–H and O–H groups in total. The summed E-state index contributed by atoms with van der Waals surface area (Å²) in [6, 6.07) is 11.4. The van der Waals surface area contributed by atoms with E-state index in [0.29, 0.717) is 28.0 Å². The summed E-state index contributed by atoms with van der Waals surface area (Å²) in [5.74, 6) is 1.61. The third-order valence-corrected chi connectivity index (χ3v) is 4.22. The van der Waals surface area contributed by atoms with Crippen molar-refractivity contribution in [2.75, 3.05) is 24.9 Å². The molecule has 0 aliphatic rings. The number of carbonyl (C=O) groups is 1. The molecule has 0 atom stereocenters. The Bertz CT molecular complexity index is 950. The minimum Gasteiger partial charge on any atom is -0.493 e. The number of halogens is 1. The number of rotatable bonds is 6. The molecule has 1 heterocycles. The van der Waals surface area contributed by atoms with E-state index in [4.69, 9.17) is 25.8 Å². The molecule has 3 rings (SSSR count). The van der Waals surface area contributed by atoms with Crippen molar-refractivity contribution in [1.29, 1.82) is 0 Å². The Kier molecular flexibility index (Phi) is 5.94. The van der Waals surface area contributed by atoms with Crippen LogP contribution >= 0.6 is 22.9 Å². The summed E-state index contributed by atoms with van der Waals surface area (Å²) >= 11 is 6.96. The van der Waals surface area contributed by atoms with Crippen molar-refractivity contribution in [3.63, 3.8) is 0 Å². The van der Waals surface area contributed by atoms with Crippen LogP contribution in [0.3, 0.4) is 0 Å². The van der Waals surface area contributed by atoms with Gasteiger partial charge in [-0.2, -0.15) is 0 Å². The van der Waals surface area contributed by atoms with Crippen molar-refractivity contribution in [3.8, 4) is 22.4 Å². The molecule has 0 saturated heterocycles. The quantitative estimate of drug-likeness (QED) is 0.619. The number of nitrogens with one attached hydrogen (secondary N) is 2. The van der Waals surface area contributed by atoms with Gasteiger partial charge in [0.05, 0.1) is 14.2 Å². The van der Waals surface area contributed by atoms with Gasteiger partial charge in [0.1, 0.15) is 5.75 Å². The molecule has 140 valence electrons. The molecule has 0 fully saturated rings. The number of amides is 2. The fourth-order valence-corrected chi connectivity index (χ4v) is 2.91. The average molecular weight is 407 g/mol. The molecular formula is C17H15ClN4O4S. The Morgan fingerprint density at radius 1 is 1.04 bits per heavy atom. The van der Waals surface area contributed by atoms with E-state index in [-0.39, 0.29) is 10.3 Å². The van der Waals surface area contributed by atoms with Crippen molar-refractivity contribution in [2.45, 2.75) is 0 Å². The van der Waals surface area contributed by atoms with E-state index in [2.05, 4.69) is 20.8 Å². The van der Waals surface area contributed by atoms with Crippen LogP contribution in [-0.2, 0) is 0 Å². The minimum atomic E-state index is -0.467. The lowest BCUT2D eigenvalue weighted by molar-refractivity contribution is 0.262. The van der Waals surface area contributed by atoms with Gasteiger partial charge in [-0.15, -0.1) is 5.10 Å². The van der Waals surface area contributed by atoms with E-state index >= 15 is 0 Å². The van der Waals surface area contributed by atoms with Crippen LogP contribution < -0.4 is 24.8 Å². The second kappa shape index (κ2) is 8.56. The summed E-state index contributed by atoms with van der Waals surface area (Å²) in [7, 11) is 3.09. The van der Waals surface area contributed by atoms with Gasteiger partial charge in [-0.3, -0.25) is 5.32 Å². The molecule has 0 aliphatic carbocycles. The predicted octanol–water partition coefficient (Wildman–Crippen LogP) is 4.65. The highest BCUT2D eigenvalue weighted by Crippen LogP contribution is 2.34. The van der Waals surface area contributed by atoms with Crippen LogP contribution in [-0.4, -0.2) is 30.4 Å². The highest BCUT2D eigenvalue weighted by Gasteiger charge is 2.12. The maximum atomic E-state index is 12.0. The van der Waals surface area contributed by atoms with Crippen LogP contribution in [0.15, 0.2) is 42.5 Å². The molecule has 27 heavy (non-hydrogen) atoms. The first-order valence-electron chi connectivity index (χ1n) is 7.64. The number of urea groups is 1. The molecule has 0 aliphatic heterocycles. The molecule has 8 nitrogen and oxygen atoms in total. The number of carbonyl (C=O) groups excluding carboxylic acids is 1. The Morgan fingerprint density at radius 2 is 1.85 bits per heavy atom. The zero-order valence-electron chi connectivity index (χ0n) is 14.4. The van der Waals surface area contributed by atoms with Crippen LogP contribution in [0.5, 0.6) is 22.4 Å². The lowest BCUT2D eigenvalue weighted by Crippen LogP contribution is -2.19. The molecule has 2 aromatic carbocycles. The number of anilines is 2. The molecule has 0 spiro atoms. The van der Waals surface area contributed by atoms with Gasteiger partial charge < -0.3 is 19.5 Å². The first kappa shape index (κ1) is 18.7. The number of hydrogen-bond acceptors (Lipinski definition) is 7. The molecule has 10 heteroatoms. The van der Waals surface area contributed by atoms with E-state index < -0.39 is 6.03 Å². The molecule has 1 aromatic heterocycles. The van der Waals surface area contributed by atoms with Gasteiger partial charge in [0.25, 0.3) is 0 Å². The fourth-order valence-electron chi connectivity index (χ4n) is 2.11. The van der Waals surface area contributed by atoms with Crippen LogP contribution in [0.2, 0.25) is 5.02 Å². The molecule has 0 saturated carbocycles. The second-order valence-corrected chi connectivity index (χ2v) is 6.46. The number of methoxy groups -OCH3 is 2. The molecule has 0 radical (unpaired) electrons. The Hall–Kier alpha value is -3.04. The third-order valence-electron chi connectivity index (χ3n) is 3.27. The normalized spacial score (nSPS) is 10.2. The minimum absolute atomic E-state index is 0.264. The van der Waals surface area contributed by atoms with Gasteiger partial charge in [0.15, 0.2) is 11.5 Å². The van der Waals surface area contributed by atoms with Gasteiger partial charge in [0, 0.05) is 16.8 Å². The summed E-state index contributed by atoms with van der Waals surface area (Å²) in [4.78, 5) is 12.0. The zero-order chi connectivity index (χ0) is 19.2. The first-order valence-corrected chi connectivity index (χ1v) is 8.84. The average Bonchev–Trinajstić information content (AvgIpc) is 3.08. The number of ether oxygens (including phenoxy) is 3. The maximum Gasteiger partial charge on any atom is 0.325 e. The summed E-state index contributed by atoms with van der Waals surface area (Å²) in [5.41, 5.74) is 0.561. The van der Waals surface area contributed by atoms with E-state index in [0.717, 1.165) is 11.3 Å². The number of aromatic nitrogens is 2. The molecular weight excluding hydrogens is 392 g/mol. The van der Waals surface area contributed by atoms with Crippen molar-refractivity contribution in [3.05, 3.63) is 47.5 Å². The summed E-state index contributed by atoms with van der Waals surface area (Å²) < 4.78 is 16.0. The van der Waals surface area contributed by atoms with Crippen LogP contribution in [0.25, 0.3) is 0 Å². The Balaban J connectivity index is 1.62. The van der Waals surface area contributed by atoms with E-state index in [1.807, 2.05) is 0 Å². The lowest BCUT2D eigenvalue weighted by Gasteiger charge is -2.08. The van der Waals surface area contributed by atoms with E-state index in [9.17, 15) is 4.79 Å². The predicted molar refractivity (Wildman–Crippen MR) is 104 cm³/mol. The number of benzene rings is 2. The molecule has 0 unspecified atom stereocenters. The fraction of sp³-hybridized carbons (Fsp3) is 0.118. The van der Waals surface area contributed by atoms with Crippen molar-refractivity contribution in [2.24, 2.45) is 0 Å². The van der Waals surface area contributed by atoms with E-state index in [1.54, 1.807) is 49.6 Å². The lowest BCUT2D eigenvalue weighted by atomic mass is 10.3.